The van der Waals surface area contributed by atoms with Crippen molar-refractivity contribution in [2.45, 2.75) is 45.1 Å². The van der Waals surface area contributed by atoms with Crippen LogP contribution in [0.1, 0.15) is 50.1 Å². The van der Waals surface area contributed by atoms with Crippen molar-refractivity contribution in [1.29, 1.82) is 0 Å². The number of hydrogen-bond donors (Lipinski definition) is 0. The highest BCUT2D eigenvalue weighted by Gasteiger charge is 2.34. The minimum Gasteiger partial charge on any atom is -0.493 e. The molecule has 168 valence electrons. The molecule has 0 aliphatic carbocycles. The van der Waals surface area contributed by atoms with Crippen LogP contribution < -0.4 is 9.47 Å². The number of aromatic nitrogens is 2. The third-order valence-electron chi connectivity index (χ3n) is 5.84. The van der Waals surface area contributed by atoms with Gasteiger partial charge in [-0.1, -0.05) is 44.1 Å². The topological polar surface area (TPSA) is 77.7 Å². The molecule has 2 heterocycles. The van der Waals surface area contributed by atoms with Crippen molar-refractivity contribution in [1.82, 2.24) is 15.0 Å². The first-order valence-electron chi connectivity index (χ1n) is 10.7. The van der Waals surface area contributed by atoms with Crippen molar-refractivity contribution >= 4 is 5.91 Å². The molecule has 1 fully saturated rings. The first-order chi connectivity index (χ1) is 15.3. The second kappa shape index (κ2) is 8.65. The molecule has 0 N–H and O–H groups in total. The first kappa shape index (κ1) is 21.9. The number of likely N-dealkylation sites (tertiary alicyclic amines) is 1. The molecule has 32 heavy (non-hydrogen) atoms. The van der Waals surface area contributed by atoms with Gasteiger partial charge >= 0.3 is 0 Å². The second-order valence-electron chi connectivity index (χ2n) is 9.15. The maximum Gasteiger partial charge on any atom is 0.257 e. The summed E-state index contributed by atoms with van der Waals surface area (Å²) in [6.45, 7) is 7.58. The third kappa shape index (κ3) is 4.47. The zero-order valence-corrected chi connectivity index (χ0v) is 19.2. The Morgan fingerprint density at radius 1 is 1.06 bits per heavy atom. The van der Waals surface area contributed by atoms with E-state index in [9.17, 15) is 4.79 Å². The summed E-state index contributed by atoms with van der Waals surface area (Å²) in [5.74, 6) is 2.35. The SMILES string of the molecule is COc1ccc(CN2CC(c3noc(-c4ccc(C(C)(C)C)cc4)n3)CC2=O)cc1OC. The lowest BCUT2D eigenvalue weighted by atomic mass is 9.87. The Morgan fingerprint density at radius 2 is 1.78 bits per heavy atom. The molecule has 2 aromatic carbocycles. The number of methoxy groups -OCH3 is 2. The van der Waals surface area contributed by atoms with Crippen LogP contribution in [-0.4, -0.2) is 41.7 Å². The number of ether oxygens (including phenoxy) is 2. The Kier molecular flexibility index (Phi) is 5.91. The van der Waals surface area contributed by atoms with Gasteiger partial charge in [0.05, 0.1) is 14.2 Å². The van der Waals surface area contributed by atoms with Crippen LogP contribution >= 0.6 is 0 Å². The van der Waals surface area contributed by atoms with Gasteiger partial charge in [-0.25, -0.2) is 0 Å². The minimum absolute atomic E-state index is 0.0747. The summed E-state index contributed by atoms with van der Waals surface area (Å²) in [7, 11) is 3.20. The van der Waals surface area contributed by atoms with Crippen LogP contribution in [0.4, 0.5) is 0 Å². The summed E-state index contributed by atoms with van der Waals surface area (Å²) in [5.41, 5.74) is 3.18. The number of nitrogens with zero attached hydrogens (tertiary/aromatic N) is 3. The van der Waals surface area contributed by atoms with E-state index in [0.717, 1.165) is 11.1 Å². The fraction of sp³-hybridized carbons (Fsp3) is 0.400. The van der Waals surface area contributed by atoms with E-state index >= 15 is 0 Å². The van der Waals surface area contributed by atoms with E-state index in [1.807, 2.05) is 35.2 Å². The lowest BCUT2D eigenvalue weighted by molar-refractivity contribution is -0.128. The van der Waals surface area contributed by atoms with E-state index in [1.54, 1.807) is 14.2 Å². The Morgan fingerprint density at radius 3 is 2.44 bits per heavy atom. The first-order valence-corrected chi connectivity index (χ1v) is 10.7. The molecule has 3 aromatic rings. The number of benzene rings is 2. The van der Waals surface area contributed by atoms with E-state index in [4.69, 9.17) is 14.0 Å². The van der Waals surface area contributed by atoms with Gasteiger partial charge in [-0.15, -0.1) is 0 Å². The summed E-state index contributed by atoms with van der Waals surface area (Å²) in [4.78, 5) is 19.0. The standard InChI is InChI=1S/C25H29N3O4/c1-25(2,3)19-9-7-17(8-10-19)24-26-23(27-32-24)18-13-22(29)28(15-18)14-16-6-11-20(30-4)21(12-16)31-5/h6-12,18H,13-15H2,1-5H3. The van der Waals surface area contributed by atoms with Crippen molar-refractivity contribution in [3.63, 3.8) is 0 Å². The highest BCUT2D eigenvalue weighted by Crippen LogP contribution is 2.32. The van der Waals surface area contributed by atoms with Gasteiger partial charge in [-0.3, -0.25) is 4.79 Å². The Hall–Kier alpha value is -3.35. The lowest BCUT2D eigenvalue weighted by Crippen LogP contribution is -2.24. The molecule has 0 radical (unpaired) electrons. The van der Waals surface area contributed by atoms with Crippen LogP contribution in [0, 0.1) is 0 Å². The molecular weight excluding hydrogens is 406 g/mol. The van der Waals surface area contributed by atoms with Crippen LogP contribution in [-0.2, 0) is 16.8 Å². The molecule has 1 aliphatic rings. The molecule has 1 aromatic heterocycles. The van der Waals surface area contributed by atoms with Gasteiger partial charge < -0.3 is 18.9 Å². The van der Waals surface area contributed by atoms with Gasteiger partial charge in [0.1, 0.15) is 0 Å². The summed E-state index contributed by atoms with van der Waals surface area (Å²) >= 11 is 0. The van der Waals surface area contributed by atoms with Gasteiger partial charge in [-0.05, 0) is 40.8 Å². The van der Waals surface area contributed by atoms with E-state index < -0.39 is 0 Å². The number of carbonyl (C=O) groups excluding carboxylic acids is 1. The molecule has 1 amide bonds. The zero-order chi connectivity index (χ0) is 22.9. The molecule has 1 saturated heterocycles. The highest BCUT2D eigenvalue weighted by atomic mass is 16.5. The number of amides is 1. The van der Waals surface area contributed by atoms with Crippen molar-refractivity contribution in [3.8, 4) is 23.0 Å². The van der Waals surface area contributed by atoms with Crippen LogP contribution in [0.15, 0.2) is 47.0 Å². The van der Waals surface area contributed by atoms with Crippen LogP contribution in [0.5, 0.6) is 11.5 Å². The molecule has 1 unspecified atom stereocenters. The molecule has 7 nitrogen and oxygen atoms in total. The molecule has 1 atom stereocenters. The van der Waals surface area contributed by atoms with Crippen molar-refractivity contribution < 1.29 is 18.8 Å². The number of carbonyl (C=O) groups is 1. The fourth-order valence-corrected chi connectivity index (χ4v) is 3.93. The third-order valence-corrected chi connectivity index (χ3v) is 5.84. The fourth-order valence-electron chi connectivity index (χ4n) is 3.93. The molecule has 4 rings (SSSR count). The number of rotatable bonds is 6. The molecule has 7 heteroatoms. The molecule has 1 aliphatic heterocycles. The van der Waals surface area contributed by atoms with E-state index in [-0.39, 0.29) is 17.2 Å². The van der Waals surface area contributed by atoms with Crippen molar-refractivity contribution in [3.05, 3.63) is 59.4 Å². The van der Waals surface area contributed by atoms with Crippen LogP contribution in [0.2, 0.25) is 0 Å². The monoisotopic (exact) mass is 435 g/mol. The molecule has 0 saturated carbocycles. The normalized spacial score (nSPS) is 16.5. The van der Waals surface area contributed by atoms with Crippen molar-refractivity contribution in [2.24, 2.45) is 0 Å². The molecular formula is C25H29N3O4. The summed E-state index contributed by atoms with van der Waals surface area (Å²) in [6.07, 6.45) is 0.370. The summed E-state index contributed by atoms with van der Waals surface area (Å²) < 4.78 is 16.2. The summed E-state index contributed by atoms with van der Waals surface area (Å²) in [6, 6.07) is 13.9. The maximum absolute atomic E-state index is 12.6. The van der Waals surface area contributed by atoms with E-state index in [2.05, 4.69) is 43.0 Å². The van der Waals surface area contributed by atoms with Gasteiger partial charge in [-0.2, -0.15) is 4.98 Å². The Labute approximate surface area is 188 Å². The van der Waals surface area contributed by atoms with E-state index in [1.165, 1.54) is 5.56 Å². The predicted molar refractivity (Wildman–Crippen MR) is 121 cm³/mol. The quantitative estimate of drug-likeness (QED) is 0.565. The Bertz CT molecular complexity index is 1100. The smallest absolute Gasteiger partial charge is 0.257 e. The van der Waals surface area contributed by atoms with Crippen LogP contribution in [0.3, 0.4) is 0 Å². The van der Waals surface area contributed by atoms with Gasteiger partial charge in [0, 0.05) is 31.0 Å². The maximum atomic E-state index is 12.6. The molecule has 0 bridgehead atoms. The predicted octanol–water partition coefficient (Wildman–Crippen LogP) is 4.57. The lowest BCUT2D eigenvalue weighted by Gasteiger charge is -2.18. The van der Waals surface area contributed by atoms with Gasteiger partial charge in [0.15, 0.2) is 17.3 Å². The largest absolute Gasteiger partial charge is 0.493 e. The molecule has 0 spiro atoms. The average Bonchev–Trinajstić information content (AvgIpc) is 3.40. The van der Waals surface area contributed by atoms with Crippen molar-refractivity contribution in [2.75, 3.05) is 20.8 Å². The summed E-state index contributed by atoms with van der Waals surface area (Å²) in [5, 5.41) is 4.17. The van der Waals surface area contributed by atoms with E-state index in [0.29, 0.717) is 42.7 Å². The second-order valence-corrected chi connectivity index (χ2v) is 9.15. The van der Waals surface area contributed by atoms with Gasteiger partial charge in [0.2, 0.25) is 5.91 Å². The zero-order valence-electron chi connectivity index (χ0n) is 19.2. The number of hydrogen-bond acceptors (Lipinski definition) is 6. The van der Waals surface area contributed by atoms with Crippen LogP contribution in [0.25, 0.3) is 11.5 Å². The minimum atomic E-state index is -0.0889. The highest BCUT2D eigenvalue weighted by molar-refractivity contribution is 5.79. The Balaban J connectivity index is 1.45. The van der Waals surface area contributed by atoms with Gasteiger partial charge in [0.25, 0.3) is 5.89 Å². The average molecular weight is 436 g/mol.